The van der Waals surface area contributed by atoms with Crippen LogP contribution in [0.4, 0.5) is 10.1 Å². The number of nitrogens with zero attached hydrogens (tertiary/aromatic N) is 1. The summed E-state index contributed by atoms with van der Waals surface area (Å²) in [5.74, 6) is -0.298. The fourth-order valence-electron chi connectivity index (χ4n) is 2.14. The van der Waals surface area contributed by atoms with E-state index in [9.17, 15) is 4.39 Å². The Hall–Kier alpha value is -1.58. The van der Waals surface area contributed by atoms with Gasteiger partial charge in [-0.25, -0.2) is 4.39 Å². The Morgan fingerprint density at radius 2 is 1.90 bits per heavy atom. The summed E-state index contributed by atoms with van der Waals surface area (Å²) in [4.78, 5) is 2.23. The summed E-state index contributed by atoms with van der Waals surface area (Å²) in [6.07, 6.45) is 1.03. The van der Waals surface area contributed by atoms with Gasteiger partial charge in [-0.05, 0) is 42.8 Å². The maximum atomic E-state index is 12.9. The molecular formula is C17H20ClFN2. The number of nitrogens with one attached hydrogen (secondary N) is 1. The number of benzene rings is 2. The second-order valence-electron chi connectivity index (χ2n) is 5.02. The minimum Gasteiger partial charge on any atom is -0.375 e. The summed E-state index contributed by atoms with van der Waals surface area (Å²) < 4.78 is 12.9. The standard InChI is InChI=1S/C17H20ClFN2/c1-21(16-6-3-2-4-7-16)11-5-10-20-13-14-8-9-15(19)12-17(14)18/h2-4,6-9,12,20H,5,10-11,13H2,1H3. The lowest BCUT2D eigenvalue weighted by Crippen LogP contribution is -2.23. The number of hydrogen-bond donors (Lipinski definition) is 1. The first-order valence-corrected chi connectivity index (χ1v) is 7.45. The zero-order valence-corrected chi connectivity index (χ0v) is 12.9. The van der Waals surface area contributed by atoms with Gasteiger partial charge >= 0.3 is 0 Å². The van der Waals surface area contributed by atoms with Gasteiger partial charge in [0.15, 0.2) is 0 Å². The van der Waals surface area contributed by atoms with Crippen LogP contribution in [0, 0.1) is 5.82 Å². The Morgan fingerprint density at radius 1 is 1.14 bits per heavy atom. The zero-order valence-electron chi connectivity index (χ0n) is 12.2. The van der Waals surface area contributed by atoms with Gasteiger partial charge in [-0.2, -0.15) is 0 Å². The number of para-hydroxylation sites is 1. The average Bonchev–Trinajstić information content (AvgIpc) is 2.49. The van der Waals surface area contributed by atoms with Gasteiger partial charge in [0.2, 0.25) is 0 Å². The van der Waals surface area contributed by atoms with Crippen LogP contribution in [-0.2, 0) is 6.54 Å². The van der Waals surface area contributed by atoms with Crippen LogP contribution < -0.4 is 10.2 Å². The predicted molar refractivity (Wildman–Crippen MR) is 87.4 cm³/mol. The predicted octanol–water partition coefficient (Wildman–Crippen LogP) is 4.10. The maximum absolute atomic E-state index is 12.9. The summed E-state index contributed by atoms with van der Waals surface area (Å²) in [7, 11) is 2.09. The number of hydrogen-bond acceptors (Lipinski definition) is 2. The minimum atomic E-state index is -0.298. The Bertz CT molecular complexity index is 560. The van der Waals surface area contributed by atoms with Gasteiger partial charge in [-0.15, -0.1) is 0 Å². The Morgan fingerprint density at radius 3 is 2.62 bits per heavy atom. The number of halogens is 2. The largest absolute Gasteiger partial charge is 0.375 e. The van der Waals surface area contributed by atoms with E-state index in [1.807, 2.05) is 18.2 Å². The normalized spacial score (nSPS) is 10.6. The van der Waals surface area contributed by atoms with Crippen LogP contribution in [0.5, 0.6) is 0 Å². The van der Waals surface area contributed by atoms with Gasteiger partial charge in [0.25, 0.3) is 0 Å². The van der Waals surface area contributed by atoms with E-state index >= 15 is 0 Å². The Kier molecular flexibility index (Phi) is 6.03. The molecule has 2 nitrogen and oxygen atoms in total. The van der Waals surface area contributed by atoms with Crippen LogP contribution in [0.3, 0.4) is 0 Å². The average molecular weight is 307 g/mol. The van der Waals surface area contributed by atoms with Gasteiger partial charge in [0.05, 0.1) is 0 Å². The highest BCUT2D eigenvalue weighted by atomic mass is 35.5. The van der Waals surface area contributed by atoms with Crippen molar-refractivity contribution in [3.8, 4) is 0 Å². The van der Waals surface area contributed by atoms with Crippen molar-refractivity contribution in [1.82, 2.24) is 5.32 Å². The van der Waals surface area contributed by atoms with Crippen LogP contribution in [0.25, 0.3) is 0 Å². The lowest BCUT2D eigenvalue weighted by Gasteiger charge is -2.19. The van der Waals surface area contributed by atoms with Crippen molar-refractivity contribution in [3.63, 3.8) is 0 Å². The van der Waals surface area contributed by atoms with Gasteiger partial charge in [0.1, 0.15) is 5.82 Å². The first-order chi connectivity index (χ1) is 10.2. The van der Waals surface area contributed by atoms with Crippen LogP contribution in [-0.4, -0.2) is 20.1 Å². The molecule has 0 bridgehead atoms. The summed E-state index contributed by atoms with van der Waals surface area (Å²) in [6.45, 7) is 2.53. The third-order valence-electron chi connectivity index (χ3n) is 3.37. The highest BCUT2D eigenvalue weighted by molar-refractivity contribution is 6.31. The van der Waals surface area contributed by atoms with E-state index in [4.69, 9.17) is 11.6 Å². The molecule has 0 fully saturated rings. The van der Waals surface area contributed by atoms with Crippen molar-refractivity contribution in [2.24, 2.45) is 0 Å². The summed E-state index contributed by atoms with van der Waals surface area (Å²) >= 11 is 5.98. The summed E-state index contributed by atoms with van der Waals surface area (Å²) in [6, 6.07) is 14.8. The molecule has 0 saturated heterocycles. The summed E-state index contributed by atoms with van der Waals surface area (Å²) in [5.41, 5.74) is 2.15. The van der Waals surface area contributed by atoms with Crippen molar-refractivity contribution in [3.05, 3.63) is 64.9 Å². The third-order valence-corrected chi connectivity index (χ3v) is 3.73. The van der Waals surface area contributed by atoms with Crippen molar-refractivity contribution in [2.45, 2.75) is 13.0 Å². The first-order valence-electron chi connectivity index (χ1n) is 7.07. The smallest absolute Gasteiger partial charge is 0.124 e. The second-order valence-corrected chi connectivity index (χ2v) is 5.43. The molecule has 0 heterocycles. The van der Waals surface area contributed by atoms with Crippen molar-refractivity contribution >= 4 is 17.3 Å². The lowest BCUT2D eigenvalue weighted by molar-refractivity contribution is 0.622. The van der Waals surface area contributed by atoms with E-state index in [2.05, 4.69) is 29.4 Å². The molecule has 0 aliphatic carbocycles. The molecule has 0 aliphatic rings. The van der Waals surface area contributed by atoms with Gasteiger partial charge in [-0.1, -0.05) is 35.9 Å². The topological polar surface area (TPSA) is 15.3 Å². The first kappa shape index (κ1) is 15.8. The van der Waals surface area contributed by atoms with E-state index < -0.39 is 0 Å². The lowest BCUT2D eigenvalue weighted by atomic mass is 10.2. The van der Waals surface area contributed by atoms with Gasteiger partial charge < -0.3 is 10.2 Å². The molecule has 0 spiro atoms. The van der Waals surface area contributed by atoms with Gasteiger partial charge in [-0.3, -0.25) is 0 Å². The molecule has 21 heavy (non-hydrogen) atoms. The quantitative estimate of drug-likeness (QED) is 0.775. The molecule has 0 amide bonds. The van der Waals surface area contributed by atoms with Crippen molar-refractivity contribution in [2.75, 3.05) is 25.0 Å². The highest BCUT2D eigenvalue weighted by Crippen LogP contribution is 2.16. The molecular weight excluding hydrogens is 287 g/mol. The number of anilines is 1. The van der Waals surface area contributed by atoms with E-state index in [1.54, 1.807) is 6.07 Å². The molecule has 0 radical (unpaired) electrons. The molecule has 2 rings (SSSR count). The number of rotatable bonds is 7. The van der Waals surface area contributed by atoms with Crippen LogP contribution in [0.1, 0.15) is 12.0 Å². The molecule has 4 heteroatoms. The molecule has 0 saturated carbocycles. The maximum Gasteiger partial charge on any atom is 0.124 e. The molecule has 1 N–H and O–H groups in total. The van der Waals surface area contributed by atoms with Gasteiger partial charge in [0, 0.05) is 30.8 Å². The van der Waals surface area contributed by atoms with Crippen LogP contribution >= 0.6 is 11.6 Å². The van der Waals surface area contributed by atoms with Crippen molar-refractivity contribution < 1.29 is 4.39 Å². The minimum absolute atomic E-state index is 0.298. The molecule has 2 aromatic carbocycles. The fourth-order valence-corrected chi connectivity index (χ4v) is 2.37. The monoisotopic (exact) mass is 306 g/mol. The van der Waals surface area contributed by atoms with Crippen LogP contribution in [0.2, 0.25) is 5.02 Å². The third kappa shape index (κ3) is 5.03. The molecule has 0 aliphatic heterocycles. The molecule has 2 aromatic rings. The molecule has 0 unspecified atom stereocenters. The SMILES string of the molecule is CN(CCCNCc1ccc(F)cc1Cl)c1ccccc1. The molecule has 0 atom stereocenters. The van der Waals surface area contributed by atoms with Crippen molar-refractivity contribution in [1.29, 1.82) is 0 Å². The van der Waals surface area contributed by atoms with E-state index in [1.165, 1.54) is 17.8 Å². The van der Waals surface area contributed by atoms with E-state index in [0.717, 1.165) is 25.1 Å². The van der Waals surface area contributed by atoms with Crippen LogP contribution in [0.15, 0.2) is 48.5 Å². The zero-order chi connectivity index (χ0) is 15.1. The van der Waals surface area contributed by atoms with E-state index in [0.29, 0.717) is 11.6 Å². The second kappa shape index (κ2) is 8.01. The Labute approximate surface area is 130 Å². The van der Waals surface area contributed by atoms with E-state index in [-0.39, 0.29) is 5.82 Å². The molecule has 112 valence electrons. The Balaban J connectivity index is 1.68. The fraction of sp³-hybridized carbons (Fsp3) is 0.294. The molecule has 0 aromatic heterocycles. The summed E-state index contributed by atoms with van der Waals surface area (Å²) in [5, 5.41) is 3.81. The highest BCUT2D eigenvalue weighted by Gasteiger charge is 2.02.